The summed E-state index contributed by atoms with van der Waals surface area (Å²) >= 11 is 0. The van der Waals surface area contributed by atoms with Crippen molar-refractivity contribution in [1.29, 1.82) is 0 Å². The Morgan fingerprint density at radius 3 is 1.19 bits per heavy atom. The number of benzene rings is 2. The third-order valence-corrected chi connectivity index (χ3v) is 4.31. The van der Waals surface area contributed by atoms with Gasteiger partial charge in [0.1, 0.15) is 23.3 Å². The molecule has 0 amide bonds. The van der Waals surface area contributed by atoms with E-state index in [1.54, 1.807) is 61.2 Å². The van der Waals surface area contributed by atoms with Crippen LogP contribution >= 0.6 is 0 Å². The van der Waals surface area contributed by atoms with Crippen LogP contribution in [0.3, 0.4) is 0 Å². The third kappa shape index (κ3) is 10.6. The maximum Gasteiger partial charge on any atom is 0.135 e. The van der Waals surface area contributed by atoms with Gasteiger partial charge in [-0.1, -0.05) is 18.2 Å². The zero-order chi connectivity index (χ0) is 26.2. The normalized spacial score (nSPS) is 9.08. The summed E-state index contributed by atoms with van der Waals surface area (Å²) in [4.78, 5) is 19.5. The Morgan fingerprint density at radius 2 is 0.919 bits per heavy atom. The minimum atomic E-state index is -0.594. The van der Waals surface area contributed by atoms with Gasteiger partial charge < -0.3 is 4.79 Å². The molecule has 0 fully saturated rings. The van der Waals surface area contributed by atoms with Gasteiger partial charge in [0, 0.05) is 68.2 Å². The van der Waals surface area contributed by atoms with E-state index < -0.39 is 23.3 Å². The van der Waals surface area contributed by atoms with Crippen LogP contribution in [0.4, 0.5) is 17.6 Å². The fraction of sp³-hybridized carbons (Fsp3) is 0. The Morgan fingerprint density at radius 1 is 0.514 bits per heavy atom. The van der Waals surface area contributed by atoms with Gasteiger partial charge in [-0.15, -0.1) is 0 Å². The Bertz CT molecular complexity index is 1200. The van der Waals surface area contributed by atoms with Crippen molar-refractivity contribution in [2.75, 3.05) is 0 Å². The molecule has 0 saturated carbocycles. The average Bonchev–Trinajstić information content (AvgIpc) is 2.93. The van der Waals surface area contributed by atoms with Crippen molar-refractivity contribution in [1.82, 2.24) is 15.0 Å². The standard InChI is InChI=1S/2C11H7F2N.C5H5N.CHO.Ir/c2*12-8-4-5-9(10(13)7-8)11-3-1-2-6-14-11;1-2-4-6-5-3-1;1-2;/h2*1-7H;1-5H;1H;/q;;;-1;. The number of halogens is 4. The summed E-state index contributed by atoms with van der Waals surface area (Å²) in [5, 5.41) is 0. The monoisotopic (exact) mass is 683 g/mol. The molecule has 37 heavy (non-hydrogen) atoms. The fourth-order valence-electron chi connectivity index (χ4n) is 2.75. The zero-order valence-corrected chi connectivity index (χ0v) is 21.5. The van der Waals surface area contributed by atoms with E-state index in [4.69, 9.17) is 4.79 Å². The largest absolute Gasteiger partial charge is 0.545 e. The molecule has 3 aromatic heterocycles. The topological polar surface area (TPSA) is 55.7 Å². The van der Waals surface area contributed by atoms with Crippen LogP contribution in [0.2, 0.25) is 0 Å². The van der Waals surface area contributed by atoms with Gasteiger partial charge in [-0.3, -0.25) is 21.7 Å². The van der Waals surface area contributed by atoms with Crippen molar-refractivity contribution in [3.05, 3.63) is 139 Å². The minimum Gasteiger partial charge on any atom is -0.545 e. The third-order valence-electron chi connectivity index (χ3n) is 4.31. The number of carbonyl (C=O) groups excluding carboxylic acids is 1. The summed E-state index contributed by atoms with van der Waals surface area (Å²) in [6.07, 6.45) is 6.64. The molecule has 5 aromatic rings. The summed E-state index contributed by atoms with van der Waals surface area (Å²) in [6.45, 7) is 3.25. The molecule has 9 heteroatoms. The Labute approximate surface area is 225 Å². The molecule has 191 valence electrons. The zero-order valence-electron chi connectivity index (χ0n) is 19.1. The molecule has 4 nitrogen and oxygen atoms in total. The molecule has 1 radical (unpaired) electrons. The molecule has 0 atom stereocenters. The van der Waals surface area contributed by atoms with E-state index in [2.05, 4.69) is 21.7 Å². The molecule has 2 aromatic carbocycles. The van der Waals surface area contributed by atoms with Crippen LogP contribution in [0.1, 0.15) is 0 Å². The number of nitrogens with zero attached hydrogens (tertiary/aromatic N) is 3. The van der Waals surface area contributed by atoms with Crippen LogP contribution in [0.5, 0.6) is 0 Å². The average molecular weight is 683 g/mol. The first kappa shape index (κ1) is 31.0. The van der Waals surface area contributed by atoms with Gasteiger partial charge in [0.25, 0.3) is 0 Å². The molecular weight excluding hydrogens is 663 g/mol. The van der Waals surface area contributed by atoms with E-state index >= 15 is 0 Å². The molecule has 0 N–H and O–H groups in total. The Kier molecular flexibility index (Phi) is 14.5. The van der Waals surface area contributed by atoms with Crippen molar-refractivity contribution >= 4 is 6.79 Å². The molecule has 3 heterocycles. The second-order valence-electron chi connectivity index (χ2n) is 6.70. The van der Waals surface area contributed by atoms with Gasteiger partial charge in [-0.05, 0) is 60.7 Å². The van der Waals surface area contributed by atoms with Gasteiger partial charge in [0.05, 0.1) is 11.4 Å². The Balaban J connectivity index is 0.000000282. The molecule has 0 aliphatic carbocycles. The molecule has 0 aliphatic rings. The number of hydrogen-bond acceptors (Lipinski definition) is 4. The maximum atomic E-state index is 13.3. The summed E-state index contributed by atoms with van der Waals surface area (Å²) in [5.74, 6) is -2.35. The van der Waals surface area contributed by atoms with Crippen LogP contribution in [0.25, 0.3) is 22.5 Å². The van der Waals surface area contributed by atoms with Crippen molar-refractivity contribution in [2.45, 2.75) is 0 Å². The van der Waals surface area contributed by atoms with Gasteiger partial charge in [-0.25, -0.2) is 17.6 Å². The fourth-order valence-corrected chi connectivity index (χ4v) is 2.75. The molecule has 0 saturated heterocycles. The van der Waals surface area contributed by atoms with Crippen LogP contribution in [0.15, 0.2) is 116 Å². The number of aromatic nitrogens is 3. The van der Waals surface area contributed by atoms with Crippen molar-refractivity contribution in [3.63, 3.8) is 0 Å². The van der Waals surface area contributed by atoms with E-state index in [-0.39, 0.29) is 20.1 Å². The first-order valence-corrected chi connectivity index (χ1v) is 10.4. The number of hydrogen-bond donors (Lipinski definition) is 0. The predicted octanol–water partition coefficient (Wildman–Crippen LogP) is 6.86. The van der Waals surface area contributed by atoms with Gasteiger partial charge in [-0.2, -0.15) is 0 Å². The number of pyridine rings is 3. The molecule has 0 unspecified atom stereocenters. The van der Waals surface area contributed by atoms with Crippen molar-refractivity contribution < 1.29 is 42.5 Å². The minimum absolute atomic E-state index is 0. The SMILES string of the molecule is Fc1ccc(-c2ccccn2)c(F)c1.Fc1ccc(-c2ccccn2)c(F)c1.[CH-]=O.[Ir].c1ccncc1. The Hall–Kier alpha value is -4.07. The summed E-state index contributed by atoms with van der Waals surface area (Å²) in [6, 6.07) is 23.0. The summed E-state index contributed by atoms with van der Waals surface area (Å²) in [7, 11) is 0. The maximum absolute atomic E-state index is 13.3. The summed E-state index contributed by atoms with van der Waals surface area (Å²) in [5.41, 5.74) is 1.63. The predicted molar refractivity (Wildman–Crippen MR) is 130 cm³/mol. The molecule has 5 rings (SSSR count). The van der Waals surface area contributed by atoms with Gasteiger partial charge in [0.15, 0.2) is 0 Å². The first-order chi connectivity index (χ1) is 17.5. The van der Waals surface area contributed by atoms with Crippen LogP contribution in [-0.2, 0) is 24.9 Å². The smallest absolute Gasteiger partial charge is 0.135 e. The second-order valence-corrected chi connectivity index (χ2v) is 6.70. The number of rotatable bonds is 2. The van der Waals surface area contributed by atoms with E-state index in [1.807, 2.05) is 18.2 Å². The van der Waals surface area contributed by atoms with Gasteiger partial charge >= 0.3 is 0 Å². The van der Waals surface area contributed by atoms with Crippen LogP contribution in [0, 0.1) is 23.3 Å². The van der Waals surface area contributed by atoms with E-state index in [1.165, 1.54) is 24.3 Å². The molecule has 0 bridgehead atoms. The second kappa shape index (κ2) is 17.4. The van der Waals surface area contributed by atoms with E-state index in [0.717, 1.165) is 12.1 Å². The molecular formula is C28H20F4IrN3O-. The first-order valence-electron chi connectivity index (χ1n) is 10.4. The van der Waals surface area contributed by atoms with Crippen molar-refractivity contribution in [3.8, 4) is 22.5 Å². The van der Waals surface area contributed by atoms with E-state index in [9.17, 15) is 17.6 Å². The summed E-state index contributed by atoms with van der Waals surface area (Å²) < 4.78 is 51.7. The molecule has 0 aliphatic heterocycles. The van der Waals surface area contributed by atoms with Gasteiger partial charge in [0.2, 0.25) is 0 Å². The van der Waals surface area contributed by atoms with E-state index in [0.29, 0.717) is 22.5 Å². The van der Waals surface area contributed by atoms with Crippen LogP contribution in [-0.4, -0.2) is 21.7 Å². The molecule has 0 spiro atoms. The van der Waals surface area contributed by atoms with Crippen molar-refractivity contribution in [2.24, 2.45) is 0 Å². The van der Waals surface area contributed by atoms with Crippen LogP contribution < -0.4 is 0 Å². The quantitative estimate of drug-likeness (QED) is 0.116.